The first-order valence-corrected chi connectivity index (χ1v) is 8.58. The third-order valence-electron chi connectivity index (χ3n) is 4.99. The minimum Gasteiger partial charge on any atom is -0.479 e. The second kappa shape index (κ2) is 6.82. The van der Waals surface area contributed by atoms with Crippen LogP contribution in [0.4, 0.5) is 5.69 Å². The van der Waals surface area contributed by atoms with Crippen LogP contribution in [0.15, 0.2) is 30.5 Å². The maximum atomic E-state index is 12.8. The van der Waals surface area contributed by atoms with Gasteiger partial charge in [0.2, 0.25) is 0 Å². The van der Waals surface area contributed by atoms with Crippen LogP contribution in [0.2, 0.25) is 0 Å². The Morgan fingerprint density at radius 2 is 2.19 bits per heavy atom. The van der Waals surface area contributed by atoms with Gasteiger partial charge >= 0.3 is 5.97 Å². The van der Waals surface area contributed by atoms with Gasteiger partial charge in [-0.05, 0) is 31.2 Å². The zero-order valence-corrected chi connectivity index (χ0v) is 15.0. The molecule has 2 atom stereocenters. The number of benzene rings is 1. The van der Waals surface area contributed by atoms with Gasteiger partial charge < -0.3 is 10.4 Å². The number of nitro benzene ring substituents is 1. The van der Waals surface area contributed by atoms with Crippen LogP contribution >= 0.6 is 0 Å². The van der Waals surface area contributed by atoms with Crippen molar-refractivity contribution in [3.05, 3.63) is 57.4 Å². The van der Waals surface area contributed by atoms with Gasteiger partial charge in [0.25, 0.3) is 11.6 Å². The number of carboxylic acid groups (broad SMARTS) is 1. The Balaban J connectivity index is 1.94. The van der Waals surface area contributed by atoms with E-state index >= 15 is 0 Å². The van der Waals surface area contributed by atoms with Gasteiger partial charge in [0.1, 0.15) is 0 Å². The van der Waals surface area contributed by atoms with Gasteiger partial charge in [0.15, 0.2) is 5.54 Å². The molecule has 3 rings (SSSR count). The van der Waals surface area contributed by atoms with Gasteiger partial charge in [-0.1, -0.05) is 19.1 Å². The van der Waals surface area contributed by atoms with Crippen LogP contribution in [-0.2, 0) is 23.3 Å². The second-order valence-electron chi connectivity index (χ2n) is 7.02. The fourth-order valence-corrected chi connectivity index (χ4v) is 3.26. The van der Waals surface area contributed by atoms with E-state index in [1.807, 2.05) is 0 Å². The molecule has 0 radical (unpaired) electrons. The molecule has 0 aliphatic carbocycles. The van der Waals surface area contributed by atoms with Crippen LogP contribution in [-0.4, -0.2) is 31.7 Å². The average Bonchev–Trinajstić information content (AvgIpc) is 3.04. The van der Waals surface area contributed by atoms with Crippen LogP contribution in [0.25, 0.3) is 0 Å². The van der Waals surface area contributed by atoms with Gasteiger partial charge in [-0.15, -0.1) is 0 Å². The van der Waals surface area contributed by atoms with Gasteiger partial charge in [0, 0.05) is 18.7 Å². The number of hydrogen-bond acceptors (Lipinski definition) is 5. The van der Waals surface area contributed by atoms with E-state index in [1.54, 1.807) is 4.68 Å². The van der Waals surface area contributed by atoms with Crippen LogP contribution in [0.3, 0.4) is 0 Å². The third kappa shape index (κ3) is 3.40. The fraction of sp³-hybridized carbons (Fsp3) is 0.389. The third-order valence-corrected chi connectivity index (χ3v) is 4.99. The highest BCUT2D eigenvalue weighted by atomic mass is 16.6. The molecule has 27 heavy (non-hydrogen) atoms. The molecule has 1 aliphatic rings. The monoisotopic (exact) mass is 372 g/mol. The van der Waals surface area contributed by atoms with Crippen molar-refractivity contribution in [2.24, 2.45) is 5.92 Å². The van der Waals surface area contributed by atoms with E-state index in [2.05, 4.69) is 17.3 Å². The molecule has 1 aromatic heterocycles. The Labute approximate surface area is 155 Å². The van der Waals surface area contributed by atoms with Crippen molar-refractivity contribution in [3.8, 4) is 0 Å². The Bertz CT molecular complexity index is 922. The topological polar surface area (TPSA) is 127 Å². The standard InChI is InChI=1S/C18H20N4O5/c1-11-6-7-21-15(8-11)14(10-19-21)16(23)20-18(2,17(24)25)12-4-3-5-13(9-12)22(26)27/h3-5,9-11H,6-8H2,1-2H3,(H,20,23)(H,24,25). The number of amides is 1. The lowest BCUT2D eigenvalue weighted by molar-refractivity contribution is -0.385. The predicted octanol–water partition coefficient (Wildman–Crippen LogP) is 2.10. The molecule has 9 nitrogen and oxygen atoms in total. The van der Waals surface area contributed by atoms with Crippen molar-refractivity contribution >= 4 is 17.6 Å². The molecule has 142 valence electrons. The van der Waals surface area contributed by atoms with Crippen molar-refractivity contribution in [3.63, 3.8) is 0 Å². The lowest BCUT2D eigenvalue weighted by Crippen LogP contribution is -2.49. The van der Waals surface area contributed by atoms with Gasteiger partial charge in [0.05, 0.1) is 22.4 Å². The number of carbonyl (C=O) groups is 2. The van der Waals surface area contributed by atoms with Crippen molar-refractivity contribution in [1.29, 1.82) is 0 Å². The molecule has 9 heteroatoms. The summed E-state index contributed by atoms with van der Waals surface area (Å²) in [5.74, 6) is -1.48. The van der Waals surface area contributed by atoms with Crippen molar-refractivity contribution < 1.29 is 19.6 Å². The number of carboxylic acids is 1. The minimum atomic E-state index is -1.82. The molecular weight excluding hydrogens is 352 g/mol. The maximum Gasteiger partial charge on any atom is 0.333 e. The second-order valence-corrected chi connectivity index (χ2v) is 7.02. The molecule has 2 unspecified atom stereocenters. The number of carbonyl (C=O) groups excluding carboxylic acids is 1. The van der Waals surface area contributed by atoms with Crippen molar-refractivity contribution in [2.75, 3.05) is 0 Å². The van der Waals surface area contributed by atoms with Crippen LogP contribution in [0, 0.1) is 16.0 Å². The van der Waals surface area contributed by atoms with E-state index in [4.69, 9.17) is 0 Å². The number of rotatable bonds is 5. The summed E-state index contributed by atoms with van der Waals surface area (Å²) in [7, 11) is 0. The fourth-order valence-electron chi connectivity index (χ4n) is 3.26. The van der Waals surface area contributed by atoms with E-state index in [-0.39, 0.29) is 11.3 Å². The number of non-ortho nitro benzene ring substituents is 1. The predicted molar refractivity (Wildman–Crippen MR) is 95.3 cm³/mol. The summed E-state index contributed by atoms with van der Waals surface area (Å²) in [6.07, 6.45) is 3.10. The number of hydrogen-bond donors (Lipinski definition) is 2. The molecule has 1 amide bonds. The maximum absolute atomic E-state index is 12.8. The van der Waals surface area contributed by atoms with Crippen LogP contribution < -0.4 is 5.32 Å². The Hall–Kier alpha value is -3.23. The number of nitrogens with zero attached hydrogens (tertiary/aromatic N) is 3. The first kappa shape index (κ1) is 18.6. The molecule has 0 spiro atoms. The summed E-state index contributed by atoms with van der Waals surface area (Å²) in [5.41, 5.74) is -0.839. The summed E-state index contributed by atoms with van der Waals surface area (Å²) >= 11 is 0. The summed E-state index contributed by atoms with van der Waals surface area (Å²) in [4.78, 5) is 35.2. The molecule has 0 bridgehead atoms. The quantitative estimate of drug-likeness (QED) is 0.611. The lowest BCUT2D eigenvalue weighted by Gasteiger charge is -2.27. The first-order chi connectivity index (χ1) is 12.7. The molecule has 1 aromatic carbocycles. The number of fused-ring (bicyclic) bond motifs is 1. The number of aryl methyl sites for hydroxylation is 1. The highest BCUT2D eigenvalue weighted by Crippen LogP contribution is 2.27. The highest BCUT2D eigenvalue weighted by Gasteiger charge is 2.39. The summed E-state index contributed by atoms with van der Waals surface area (Å²) < 4.78 is 1.76. The van der Waals surface area contributed by atoms with Crippen molar-refractivity contribution in [2.45, 2.75) is 38.8 Å². The Kier molecular flexibility index (Phi) is 4.69. The molecule has 0 fully saturated rings. The molecule has 2 N–H and O–H groups in total. The summed E-state index contributed by atoms with van der Waals surface area (Å²) in [5, 5.41) is 27.5. The van der Waals surface area contributed by atoms with E-state index < -0.39 is 22.3 Å². The zero-order valence-electron chi connectivity index (χ0n) is 15.0. The zero-order chi connectivity index (χ0) is 19.8. The van der Waals surface area contributed by atoms with Gasteiger partial charge in [-0.2, -0.15) is 5.10 Å². The van der Waals surface area contributed by atoms with E-state index in [1.165, 1.54) is 31.3 Å². The molecular formula is C18H20N4O5. The number of aliphatic carboxylic acids is 1. The van der Waals surface area contributed by atoms with E-state index in [0.717, 1.165) is 18.2 Å². The molecule has 0 saturated carbocycles. The Morgan fingerprint density at radius 3 is 2.85 bits per heavy atom. The molecule has 2 heterocycles. The average molecular weight is 372 g/mol. The highest BCUT2D eigenvalue weighted by molar-refractivity contribution is 5.98. The number of aromatic nitrogens is 2. The summed E-state index contributed by atoms with van der Waals surface area (Å²) in [6, 6.07) is 5.26. The largest absolute Gasteiger partial charge is 0.479 e. The minimum absolute atomic E-state index is 0.118. The smallest absolute Gasteiger partial charge is 0.333 e. The molecule has 0 saturated heterocycles. The number of nitro groups is 1. The normalized spacial score (nSPS) is 18.2. The van der Waals surface area contributed by atoms with Crippen LogP contribution in [0.5, 0.6) is 0 Å². The molecule has 1 aliphatic heterocycles. The number of nitrogens with one attached hydrogen (secondary N) is 1. The van der Waals surface area contributed by atoms with E-state index in [0.29, 0.717) is 24.4 Å². The summed E-state index contributed by atoms with van der Waals surface area (Å²) in [6.45, 7) is 4.11. The Morgan fingerprint density at radius 1 is 1.44 bits per heavy atom. The lowest BCUT2D eigenvalue weighted by atomic mass is 9.90. The van der Waals surface area contributed by atoms with Gasteiger partial charge in [-0.3, -0.25) is 19.6 Å². The SMILES string of the molecule is CC1CCn2ncc(C(=O)NC(C)(C(=O)O)c3cccc([N+](=O)[O-])c3)c2C1. The van der Waals surface area contributed by atoms with Crippen molar-refractivity contribution in [1.82, 2.24) is 15.1 Å². The van der Waals surface area contributed by atoms with Gasteiger partial charge in [-0.25, -0.2) is 4.79 Å². The first-order valence-electron chi connectivity index (χ1n) is 8.58. The van der Waals surface area contributed by atoms with E-state index in [9.17, 15) is 24.8 Å². The molecule has 2 aromatic rings. The van der Waals surface area contributed by atoms with Crippen LogP contribution in [0.1, 0.15) is 41.9 Å².